The van der Waals surface area contributed by atoms with E-state index in [4.69, 9.17) is 14.2 Å². The molecule has 0 radical (unpaired) electrons. The average Bonchev–Trinajstić information content (AvgIpc) is 3.45. The Kier molecular flexibility index (Phi) is 6.38. The summed E-state index contributed by atoms with van der Waals surface area (Å²) in [6.45, 7) is 1.95. The summed E-state index contributed by atoms with van der Waals surface area (Å²) < 4.78 is 18.5. The van der Waals surface area contributed by atoms with Gasteiger partial charge in [-0.2, -0.15) is 0 Å². The zero-order valence-corrected chi connectivity index (χ0v) is 21.6. The number of aromatic hydroxyl groups is 1. The molecular weight excluding hydrogens is 498 g/mol. The minimum absolute atomic E-state index is 0.0457. The molecule has 0 spiro atoms. The molecule has 2 aromatic carbocycles. The number of rotatable bonds is 5. The van der Waals surface area contributed by atoms with Crippen LogP contribution in [0.5, 0.6) is 11.5 Å². The smallest absolute Gasteiger partial charge is 0.254 e. The third kappa shape index (κ3) is 4.45. The van der Waals surface area contributed by atoms with Gasteiger partial charge in [0.25, 0.3) is 5.91 Å². The van der Waals surface area contributed by atoms with Gasteiger partial charge in [-0.25, -0.2) is 4.98 Å². The van der Waals surface area contributed by atoms with E-state index in [1.165, 1.54) is 6.07 Å². The van der Waals surface area contributed by atoms with Crippen molar-refractivity contribution in [3.63, 3.8) is 0 Å². The molecule has 1 saturated heterocycles. The van der Waals surface area contributed by atoms with Gasteiger partial charge in [0.15, 0.2) is 5.76 Å². The van der Waals surface area contributed by atoms with Crippen LogP contribution in [0.15, 0.2) is 66.7 Å². The van der Waals surface area contributed by atoms with Crippen LogP contribution < -0.4 is 4.74 Å². The van der Waals surface area contributed by atoms with E-state index in [0.29, 0.717) is 37.6 Å². The Balaban J connectivity index is 1.33. The Morgan fingerprint density at radius 2 is 2.03 bits per heavy atom. The van der Waals surface area contributed by atoms with Crippen molar-refractivity contribution in [1.29, 1.82) is 0 Å². The Hall–Kier alpha value is -4.47. The third-order valence-corrected chi connectivity index (χ3v) is 7.07. The zero-order valence-electron chi connectivity index (χ0n) is 21.6. The molecule has 4 aromatic rings. The molecule has 1 unspecified atom stereocenters. The van der Waals surface area contributed by atoms with E-state index in [-0.39, 0.29) is 34.9 Å². The van der Waals surface area contributed by atoms with Gasteiger partial charge < -0.3 is 28.8 Å². The number of Topliss-reactive ketones (excluding diaryl/α,β-unsaturated/α-hetero) is 1. The summed E-state index contributed by atoms with van der Waals surface area (Å²) in [5, 5.41) is 11.0. The first kappa shape index (κ1) is 24.8. The van der Waals surface area contributed by atoms with Crippen molar-refractivity contribution in [2.75, 3.05) is 33.4 Å². The second-order valence-corrected chi connectivity index (χ2v) is 9.62. The largest absolute Gasteiger partial charge is 0.507 e. The monoisotopic (exact) mass is 525 g/mol. The number of phenolic OH excluding ortho intramolecular Hbond substituents is 1. The number of fused-ring (bicyclic) bond motifs is 2. The minimum Gasteiger partial charge on any atom is -0.507 e. The number of benzene rings is 2. The molecule has 39 heavy (non-hydrogen) atoms. The van der Waals surface area contributed by atoms with Gasteiger partial charge >= 0.3 is 0 Å². The van der Waals surface area contributed by atoms with Crippen molar-refractivity contribution in [2.45, 2.75) is 6.10 Å². The van der Waals surface area contributed by atoms with Gasteiger partial charge in [-0.3, -0.25) is 9.59 Å². The molecule has 1 N–H and O–H groups in total. The van der Waals surface area contributed by atoms with Gasteiger partial charge in [-0.15, -0.1) is 0 Å². The predicted molar refractivity (Wildman–Crippen MR) is 145 cm³/mol. The van der Waals surface area contributed by atoms with E-state index in [2.05, 4.69) is 4.98 Å². The summed E-state index contributed by atoms with van der Waals surface area (Å²) in [6.07, 6.45) is 5.18. The molecule has 2 aliphatic heterocycles. The van der Waals surface area contributed by atoms with Crippen LogP contribution in [-0.4, -0.2) is 70.8 Å². The maximum Gasteiger partial charge on any atom is 0.254 e. The second-order valence-electron chi connectivity index (χ2n) is 9.62. The van der Waals surface area contributed by atoms with Crippen molar-refractivity contribution in [3.05, 3.63) is 83.4 Å². The van der Waals surface area contributed by atoms with Gasteiger partial charge in [0.2, 0.25) is 5.78 Å². The number of carbonyl (C=O) groups is 2. The highest BCUT2D eigenvalue weighted by Crippen LogP contribution is 2.39. The molecule has 2 aliphatic rings. The summed E-state index contributed by atoms with van der Waals surface area (Å²) in [4.78, 5) is 32.5. The Morgan fingerprint density at radius 3 is 2.79 bits per heavy atom. The molecule has 2 aromatic heterocycles. The highest BCUT2D eigenvalue weighted by molar-refractivity contribution is 6.17. The van der Waals surface area contributed by atoms with Gasteiger partial charge in [0, 0.05) is 56.2 Å². The number of ketones is 1. The standard InChI is InChI=1S/C30H27N3O6/c1-32-15-20(14-25-28(35)27-23(34)4-3-5-24(27)39-25)26-22(10-11-31-29(26)32)18-6-8-19(9-7-18)30(36)33-12-13-38-21(16-33)17-37-2/h3-11,14-15,21,34H,12-13,16-17H2,1-2H3/b25-14-. The Morgan fingerprint density at radius 1 is 1.21 bits per heavy atom. The molecule has 4 heterocycles. The van der Waals surface area contributed by atoms with Crippen LogP contribution in [0.25, 0.3) is 28.2 Å². The number of ether oxygens (including phenoxy) is 3. The summed E-state index contributed by atoms with van der Waals surface area (Å²) in [6, 6.07) is 14.2. The fraction of sp³-hybridized carbons (Fsp3) is 0.233. The summed E-state index contributed by atoms with van der Waals surface area (Å²) >= 11 is 0. The normalized spacial score (nSPS) is 18.0. The van der Waals surface area contributed by atoms with E-state index in [9.17, 15) is 14.7 Å². The first-order valence-corrected chi connectivity index (χ1v) is 12.6. The van der Waals surface area contributed by atoms with Crippen LogP contribution in [0.1, 0.15) is 26.3 Å². The number of morpholine rings is 1. The van der Waals surface area contributed by atoms with Gasteiger partial charge in [-0.1, -0.05) is 18.2 Å². The SMILES string of the molecule is COCC1CN(C(=O)c2ccc(-c3ccnc4c3c(/C=C3\Oc5cccc(O)c5C3=O)cn4C)cc2)CCO1. The molecule has 198 valence electrons. The number of hydrogen-bond acceptors (Lipinski definition) is 7. The summed E-state index contributed by atoms with van der Waals surface area (Å²) in [5.74, 6) is -0.0621. The van der Waals surface area contributed by atoms with Crippen molar-refractivity contribution in [3.8, 4) is 22.6 Å². The minimum atomic E-state index is -0.371. The Labute approximate surface area is 224 Å². The third-order valence-electron chi connectivity index (χ3n) is 7.07. The molecule has 1 amide bonds. The molecule has 0 saturated carbocycles. The topological polar surface area (TPSA) is 103 Å². The van der Waals surface area contributed by atoms with Crippen LogP contribution in [0, 0.1) is 0 Å². The van der Waals surface area contributed by atoms with Gasteiger partial charge in [-0.05, 0) is 47.5 Å². The summed E-state index contributed by atoms with van der Waals surface area (Å²) in [5.41, 5.74) is 4.07. The lowest BCUT2D eigenvalue weighted by Gasteiger charge is -2.32. The number of amides is 1. The highest BCUT2D eigenvalue weighted by Gasteiger charge is 2.31. The predicted octanol–water partition coefficient (Wildman–Crippen LogP) is 4.05. The van der Waals surface area contributed by atoms with Crippen LogP contribution in [0.3, 0.4) is 0 Å². The maximum atomic E-state index is 13.2. The number of aryl methyl sites for hydroxylation is 1. The van der Waals surface area contributed by atoms with E-state index in [0.717, 1.165) is 27.7 Å². The molecule has 9 heteroatoms. The second kappa shape index (κ2) is 10.0. The van der Waals surface area contributed by atoms with Crippen LogP contribution in [0.4, 0.5) is 0 Å². The Bertz CT molecular complexity index is 1620. The van der Waals surface area contributed by atoms with E-state index >= 15 is 0 Å². The van der Waals surface area contributed by atoms with Gasteiger partial charge in [0.1, 0.15) is 22.7 Å². The van der Waals surface area contributed by atoms with Crippen molar-refractivity contribution in [2.24, 2.45) is 7.05 Å². The van der Waals surface area contributed by atoms with Crippen molar-refractivity contribution >= 4 is 28.8 Å². The van der Waals surface area contributed by atoms with Crippen molar-refractivity contribution in [1.82, 2.24) is 14.5 Å². The molecule has 6 rings (SSSR count). The number of allylic oxidation sites excluding steroid dienone is 1. The maximum absolute atomic E-state index is 13.2. The molecule has 0 aliphatic carbocycles. The fourth-order valence-electron chi connectivity index (χ4n) is 5.21. The zero-order chi connectivity index (χ0) is 27.1. The van der Waals surface area contributed by atoms with Gasteiger partial charge in [0.05, 0.1) is 19.3 Å². The molecule has 0 bridgehead atoms. The van der Waals surface area contributed by atoms with E-state index in [1.807, 2.05) is 48.1 Å². The summed E-state index contributed by atoms with van der Waals surface area (Å²) in [7, 11) is 3.51. The first-order valence-electron chi connectivity index (χ1n) is 12.6. The fourth-order valence-corrected chi connectivity index (χ4v) is 5.21. The molecular formula is C30H27N3O6. The van der Waals surface area contributed by atoms with Crippen LogP contribution >= 0.6 is 0 Å². The number of aromatic nitrogens is 2. The lowest BCUT2D eigenvalue weighted by Crippen LogP contribution is -2.47. The number of nitrogens with zero attached hydrogens (tertiary/aromatic N) is 3. The van der Waals surface area contributed by atoms with E-state index < -0.39 is 0 Å². The molecule has 9 nitrogen and oxygen atoms in total. The lowest BCUT2D eigenvalue weighted by molar-refractivity contribution is -0.0531. The van der Waals surface area contributed by atoms with E-state index in [1.54, 1.807) is 36.4 Å². The first-order chi connectivity index (χ1) is 18.9. The average molecular weight is 526 g/mol. The lowest BCUT2D eigenvalue weighted by atomic mass is 9.99. The quantitative estimate of drug-likeness (QED) is 0.392. The van der Waals surface area contributed by atoms with Crippen LogP contribution in [-0.2, 0) is 16.5 Å². The van der Waals surface area contributed by atoms with Crippen molar-refractivity contribution < 1.29 is 28.9 Å². The molecule has 1 atom stereocenters. The number of hydrogen-bond donors (Lipinski definition) is 1. The number of pyridine rings is 1. The number of methoxy groups -OCH3 is 1. The highest BCUT2D eigenvalue weighted by atomic mass is 16.5. The van der Waals surface area contributed by atoms with Crippen LogP contribution in [0.2, 0.25) is 0 Å². The number of carbonyl (C=O) groups excluding carboxylic acids is 2. The molecule has 1 fully saturated rings. The number of phenols is 1.